The molecular weight excluding hydrogens is 881 g/mol. The smallest absolute Gasteiger partial charge is 0.207 e. The predicted molar refractivity (Wildman–Crippen MR) is 284 cm³/mol. The van der Waals surface area contributed by atoms with Crippen molar-refractivity contribution in [3.05, 3.63) is 242 Å². The summed E-state index contributed by atoms with van der Waals surface area (Å²) in [5.41, 5.74) is 14.2. The van der Waals surface area contributed by atoms with Crippen molar-refractivity contribution in [2.24, 2.45) is 0 Å². The summed E-state index contributed by atoms with van der Waals surface area (Å²) < 4.78 is 34.1. The van der Waals surface area contributed by atoms with Crippen LogP contribution in [0.25, 0.3) is 55.2 Å². The second-order valence-electron chi connectivity index (χ2n) is 18.3. The Kier molecular flexibility index (Phi) is 9.41. The number of nitrogens with zero attached hydrogens (tertiary/aromatic N) is 6. The van der Waals surface area contributed by atoms with Crippen LogP contribution < -0.4 is 9.80 Å². The number of pyridine rings is 2. The monoisotopic (exact) mass is 924 g/mol. The Hall–Kier alpha value is -8.79. The highest BCUT2D eigenvalue weighted by Gasteiger charge is 2.41. The van der Waals surface area contributed by atoms with E-state index in [1.54, 1.807) is 12.1 Å². The van der Waals surface area contributed by atoms with Crippen molar-refractivity contribution in [1.29, 1.82) is 0 Å². The number of fused-ring (bicyclic) bond motifs is 8. The fourth-order valence-electron chi connectivity index (χ4n) is 10.7. The first-order valence-corrected chi connectivity index (χ1v) is 24.9. The molecule has 0 atom stereocenters. The van der Waals surface area contributed by atoms with Gasteiger partial charge in [0.25, 0.3) is 0 Å². The largest absolute Gasteiger partial charge is 0.310 e. The fraction of sp³-hybridized carbons (Fsp3) is 0.0492. The van der Waals surface area contributed by atoms with Crippen molar-refractivity contribution in [1.82, 2.24) is 19.1 Å². The van der Waals surface area contributed by atoms with Crippen LogP contribution in [0.5, 0.6) is 0 Å². The van der Waals surface area contributed by atoms with Gasteiger partial charge in [-0.2, -0.15) is 0 Å². The summed E-state index contributed by atoms with van der Waals surface area (Å²) in [5.74, 6) is 0. The average Bonchev–Trinajstić information content (AvgIpc) is 3.92. The Morgan fingerprint density at radius 1 is 0.386 bits per heavy atom. The number of rotatable bonds is 8. The van der Waals surface area contributed by atoms with E-state index >= 15 is 0 Å². The summed E-state index contributed by atoms with van der Waals surface area (Å²) in [6.07, 6.45) is 3.66. The number of aromatic nitrogens is 4. The van der Waals surface area contributed by atoms with Gasteiger partial charge in [-0.05, 0) is 157 Å². The third-order valence-corrected chi connectivity index (χ3v) is 15.8. The van der Waals surface area contributed by atoms with Gasteiger partial charge in [0.1, 0.15) is 0 Å². The second kappa shape index (κ2) is 15.9. The Bertz CT molecular complexity index is 3780. The molecule has 0 spiro atoms. The maximum Gasteiger partial charge on any atom is 0.207 e. The van der Waals surface area contributed by atoms with E-state index in [-0.39, 0.29) is 0 Å². The lowest BCUT2D eigenvalue weighted by atomic mass is 9.77. The van der Waals surface area contributed by atoms with Gasteiger partial charge in [0.15, 0.2) is 0 Å². The van der Waals surface area contributed by atoms with Crippen molar-refractivity contribution < 1.29 is 8.42 Å². The van der Waals surface area contributed by atoms with Crippen molar-refractivity contribution in [3.63, 3.8) is 0 Å². The summed E-state index contributed by atoms with van der Waals surface area (Å²) in [4.78, 5) is 15.0. The summed E-state index contributed by atoms with van der Waals surface area (Å²) in [6, 6.07) is 74.2. The molecule has 1 aliphatic heterocycles. The zero-order valence-corrected chi connectivity index (χ0v) is 39.2. The Labute approximate surface area is 405 Å². The SMILES string of the molecule is CC1(C)c2cc(-n3c4ccc(N(c5ccccc5)c5ccccc5)cc4c4ncccc43)ccc2S(=O)(=O)c2ccc(-n3c4ccc(N(c5ccccc5)c5ccccc5)cc4c4ncccc43)cc21. The quantitative estimate of drug-likeness (QED) is 0.151. The molecule has 4 aromatic heterocycles. The van der Waals surface area contributed by atoms with Gasteiger partial charge in [0, 0.05) is 74.1 Å². The van der Waals surface area contributed by atoms with E-state index in [2.05, 4.69) is 191 Å². The van der Waals surface area contributed by atoms with Crippen LogP contribution in [0.3, 0.4) is 0 Å². The molecule has 8 aromatic carbocycles. The maximum atomic E-state index is 14.9. The number of hydrogen-bond donors (Lipinski definition) is 0. The lowest BCUT2D eigenvalue weighted by Gasteiger charge is -2.35. The first-order valence-electron chi connectivity index (χ1n) is 23.4. The molecule has 0 saturated carbocycles. The van der Waals surface area contributed by atoms with Crippen molar-refractivity contribution in [3.8, 4) is 11.4 Å². The summed E-state index contributed by atoms with van der Waals surface area (Å²) in [6.45, 7) is 4.27. The van der Waals surface area contributed by atoms with Gasteiger partial charge < -0.3 is 18.9 Å². The van der Waals surface area contributed by atoms with Gasteiger partial charge in [-0.25, -0.2) is 8.42 Å². The Balaban J connectivity index is 0.942. The highest BCUT2D eigenvalue weighted by atomic mass is 32.2. The van der Waals surface area contributed by atoms with E-state index in [1.807, 2.05) is 60.9 Å². The molecule has 5 heterocycles. The molecule has 12 aromatic rings. The molecule has 0 unspecified atom stereocenters. The summed E-state index contributed by atoms with van der Waals surface area (Å²) in [7, 11) is -3.90. The summed E-state index contributed by atoms with van der Waals surface area (Å²) in [5, 5.41) is 1.98. The minimum absolute atomic E-state index is 0.319. The number of sulfone groups is 1. The third-order valence-electron chi connectivity index (χ3n) is 13.9. The van der Waals surface area contributed by atoms with E-state index in [0.717, 1.165) is 100 Å². The summed E-state index contributed by atoms with van der Waals surface area (Å²) >= 11 is 0. The molecule has 0 radical (unpaired) electrons. The van der Waals surface area contributed by atoms with Crippen LogP contribution in [0, 0.1) is 0 Å². The molecule has 0 fully saturated rings. The first kappa shape index (κ1) is 41.4. The molecule has 13 rings (SSSR count). The van der Waals surface area contributed by atoms with Crippen LogP contribution >= 0.6 is 0 Å². The molecule has 0 aliphatic carbocycles. The van der Waals surface area contributed by atoms with Crippen molar-refractivity contribution in [2.75, 3.05) is 9.80 Å². The highest BCUT2D eigenvalue weighted by molar-refractivity contribution is 7.91. The maximum absolute atomic E-state index is 14.9. The zero-order valence-electron chi connectivity index (χ0n) is 38.3. The Morgan fingerprint density at radius 3 is 1.13 bits per heavy atom. The van der Waals surface area contributed by atoms with Gasteiger partial charge in [-0.15, -0.1) is 0 Å². The van der Waals surface area contributed by atoms with Crippen LogP contribution in [0.15, 0.2) is 241 Å². The molecule has 1 aliphatic rings. The number of anilines is 6. The van der Waals surface area contributed by atoms with Crippen LogP contribution in [-0.4, -0.2) is 27.5 Å². The van der Waals surface area contributed by atoms with Gasteiger partial charge >= 0.3 is 0 Å². The molecule has 0 amide bonds. The molecule has 70 heavy (non-hydrogen) atoms. The highest BCUT2D eigenvalue weighted by Crippen LogP contribution is 2.49. The number of benzene rings is 8. The van der Waals surface area contributed by atoms with Gasteiger partial charge in [-0.3, -0.25) is 9.97 Å². The lowest BCUT2D eigenvalue weighted by molar-refractivity contribution is 0.555. The standard InChI is InChI=1S/C61H44N6O2S/c1-61(2)51-39-47(66-53-31-27-45(37-49(53)59-55(66)25-15-35-62-59)64(41-17-7-3-8-18-41)42-19-9-4-10-20-42)29-33-57(51)70(68,69)58-34-30-48(40-52(58)61)67-54-32-28-46(38-50(54)60-56(67)26-16-36-63-60)65(43-21-11-5-12-22-43)44-23-13-6-14-24-44/h3-40H,1-2H3. The molecule has 0 bridgehead atoms. The second-order valence-corrected chi connectivity index (χ2v) is 20.2. The first-order chi connectivity index (χ1) is 34.3. The van der Waals surface area contributed by atoms with E-state index in [1.165, 1.54) is 0 Å². The van der Waals surface area contributed by atoms with Gasteiger partial charge in [0.05, 0.1) is 42.9 Å². The van der Waals surface area contributed by atoms with E-state index < -0.39 is 15.3 Å². The molecule has 0 N–H and O–H groups in total. The van der Waals surface area contributed by atoms with Crippen LogP contribution in [-0.2, 0) is 15.3 Å². The molecular formula is C61H44N6O2S. The Morgan fingerprint density at radius 2 is 0.757 bits per heavy atom. The molecule has 8 nitrogen and oxygen atoms in total. The van der Waals surface area contributed by atoms with Crippen molar-refractivity contribution >= 4 is 87.8 Å². The van der Waals surface area contributed by atoms with Crippen molar-refractivity contribution in [2.45, 2.75) is 29.1 Å². The lowest BCUT2D eigenvalue weighted by Crippen LogP contribution is -2.30. The normalized spacial score (nSPS) is 13.6. The molecule has 336 valence electrons. The topological polar surface area (TPSA) is 76.3 Å². The van der Waals surface area contributed by atoms with E-state index in [0.29, 0.717) is 9.79 Å². The number of hydrogen-bond acceptors (Lipinski definition) is 6. The van der Waals surface area contributed by atoms with Crippen LogP contribution in [0.1, 0.15) is 25.0 Å². The van der Waals surface area contributed by atoms with Gasteiger partial charge in [-0.1, -0.05) is 86.6 Å². The van der Waals surface area contributed by atoms with Crippen LogP contribution in [0.2, 0.25) is 0 Å². The molecule has 9 heteroatoms. The minimum atomic E-state index is -3.90. The van der Waals surface area contributed by atoms with Gasteiger partial charge in [0.2, 0.25) is 9.84 Å². The van der Waals surface area contributed by atoms with E-state index in [9.17, 15) is 8.42 Å². The van der Waals surface area contributed by atoms with E-state index in [4.69, 9.17) is 9.97 Å². The predicted octanol–water partition coefficient (Wildman–Crippen LogP) is 15.1. The minimum Gasteiger partial charge on any atom is -0.310 e. The average molecular weight is 925 g/mol. The number of para-hydroxylation sites is 4. The molecule has 0 saturated heterocycles. The fourth-order valence-corrected chi connectivity index (χ4v) is 12.6. The zero-order chi connectivity index (χ0) is 47.1. The van der Waals surface area contributed by atoms with Crippen LogP contribution in [0.4, 0.5) is 34.1 Å². The third kappa shape index (κ3) is 6.39.